The Hall–Kier alpha value is -1.62. The lowest BCUT2D eigenvalue weighted by Crippen LogP contribution is -2.34. The maximum Gasteiger partial charge on any atom is 0.151 e. The lowest BCUT2D eigenvalue weighted by Gasteiger charge is -2.13. The maximum atomic E-state index is 11.3. The van der Waals surface area contributed by atoms with Crippen molar-refractivity contribution in [3.8, 4) is 11.8 Å². The van der Waals surface area contributed by atoms with Crippen molar-refractivity contribution in [1.82, 2.24) is 5.32 Å². The van der Waals surface area contributed by atoms with Crippen molar-refractivity contribution in [2.45, 2.75) is 13.0 Å². The van der Waals surface area contributed by atoms with Gasteiger partial charge in [-0.15, -0.1) is 0 Å². The number of benzene rings is 1. The summed E-state index contributed by atoms with van der Waals surface area (Å²) in [5.74, 6) is 0.590. The van der Waals surface area contributed by atoms with Gasteiger partial charge in [0, 0.05) is 18.8 Å². The number of rotatable bonds is 9. The Kier molecular flexibility index (Phi) is 7.15. The number of aliphatic hydroxyl groups excluding tert-OH is 1. The van der Waals surface area contributed by atoms with Crippen LogP contribution in [-0.2, 0) is 9.84 Å². The molecule has 0 spiro atoms. The van der Waals surface area contributed by atoms with Crippen LogP contribution in [0.25, 0.3) is 0 Å². The summed E-state index contributed by atoms with van der Waals surface area (Å²) in [7, 11) is -2.99. The second-order valence-electron chi connectivity index (χ2n) is 4.51. The van der Waals surface area contributed by atoms with Gasteiger partial charge < -0.3 is 15.2 Å². The van der Waals surface area contributed by atoms with E-state index >= 15 is 0 Å². The third kappa shape index (κ3) is 6.58. The predicted molar refractivity (Wildman–Crippen MR) is 79.9 cm³/mol. The van der Waals surface area contributed by atoms with E-state index in [0.29, 0.717) is 17.9 Å². The van der Waals surface area contributed by atoms with Gasteiger partial charge in [0.2, 0.25) is 0 Å². The zero-order valence-corrected chi connectivity index (χ0v) is 12.8. The van der Waals surface area contributed by atoms with Crippen molar-refractivity contribution >= 4 is 9.84 Å². The minimum absolute atomic E-state index is 0.0339. The fraction of sp³-hybridized carbons (Fsp3) is 0.500. The second kappa shape index (κ2) is 8.62. The van der Waals surface area contributed by atoms with Crippen molar-refractivity contribution < 1.29 is 18.3 Å². The Morgan fingerprint density at radius 2 is 2.14 bits per heavy atom. The molecule has 1 unspecified atom stereocenters. The molecule has 1 aromatic carbocycles. The van der Waals surface area contributed by atoms with E-state index in [2.05, 4.69) is 5.32 Å². The summed E-state index contributed by atoms with van der Waals surface area (Å²) in [5.41, 5.74) is 0.409. The van der Waals surface area contributed by atoms with Crippen molar-refractivity contribution in [3.05, 3.63) is 29.8 Å². The third-order valence-electron chi connectivity index (χ3n) is 2.85. The molecule has 0 aliphatic rings. The van der Waals surface area contributed by atoms with Crippen LogP contribution in [-0.4, -0.2) is 50.8 Å². The largest absolute Gasteiger partial charge is 0.489 e. The second-order valence-corrected chi connectivity index (χ2v) is 6.99. The highest BCUT2D eigenvalue weighted by Crippen LogP contribution is 2.16. The molecule has 1 aromatic rings. The van der Waals surface area contributed by atoms with Gasteiger partial charge in [0.15, 0.2) is 9.84 Å². The molecule has 0 aliphatic carbocycles. The number of para-hydroxylation sites is 1. The Morgan fingerprint density at radius 3 is 2.81 bits per heavy atom. The number of aliphatic hydroxyl groups is 1. The van der Waals surface area contributed by atoms with Crippen LogP contribution in [0.1, 0.15) is 12.5 Å². The molecule has 0 saturated heterocycles. The topological polar surface area (TPSA) is 99.4 Å². The Morgan fingerprint density at radius 1 is 1.43 bits per heavy atom. The lowest BCUT2D eigenvalue weighted by molar-refractivity contribution is 0.107. The molecule has 0 amide bonds. The first kappa shape index (κ1) is 17.4. The average molecular weight is 312 g/mol. The zero-order chi connectivity index (χ0) is 15.7. The summed E-state index contributed by atoms with van der Waals surface area (Å²) in [6.07, 6.45) is -0.777. The smallest absolute Gasteiger partial charge is 0.151 e. The van der Waals surface area contributed by atoms with Gasteiger partial charge in [-0.25, -0.2) is 8.42 Å². The van der Waals surface area contributed by atoms with Crippen molar-refractivity contribution in [1.29, 1.82) is 5.26 Å². The van der Waals surface area contributed by atoms with Gasteiger partial charge in [0.1, 0.15) is 24.5 Å². The Bertz CT molecular complexity index is 581. The van der Waals surface area contributed by atoms with Crippen molar-refractivity contribution in [2.75, 3.05) is 31.2 Å². The highest BCUT2D eigenvalue weighted by atomic mass is 32.2. The van der Waals surface area contributed by atoms with Gasteiger partial charge in [-0.05, 0) is 12.1 Å². The molecule has 0 heterocycles. The van der Waals surface area contributed by atoms with Crippen LogP contribution < -0.4 is 10.1 Å². The zero-order valence-electron chi connectivity index (χ0n) is 11.9. The molecule has 2 N–H and O–H groups in total. The van der Waals surface area contributed by atoms with E-state index in [1.54, 1.807) is 31.2 Å². The van der Waals surface area contributed by atoms with Gasteiger partial charge in [-0.3, -0.25) is 0 Å². The van der Waals surface area contributed by atoms with Crippen LogP contribution in [0, 0.1) is 11.3 Å². The average Bonchev–Trinajstić information content (AvgIpc) is 2.49. The molecule has 6 nitrogen and oxygen atoms in total. The van der Waals surface area contributed by atoms with Gasteiger partial charge in [-0.2, -0.15) is 5.26 Å². The van der Waals surface area contributed by atoms with Gasteiger partial charge in [0.05, 0.1) is 11.3 Å². The van der Waals surface area contributed by atoms with Crippen LogP contribution in [0.4, 0.5) is 0 Å². The van der Waals surface area contributed by atoms with Gasteiger partial charge >= 0.3 is 0 Å². The number of nitrogens with zero attached hydrogens (tertiary/aromatic N) is 1. The Balaban J connectivity index is 2.29. The van der Waals surface area contributed by atoms with E-state index < -0.39 is 15.9 Å². The molecule has 0 aromatic heterocycles. The fourth-order valence-electron chi connectivity index (χ4n) is 1.57. The van der Waals surface area contributed by atoms with E-state index in [9.17, 15) is 13.5 Å². The number of hydrogen-bond acceptors (Lipinski definition) is 6. The minimum Gasteiger partial charge on any atom is -0.489 e. The van der Waals surface area contributed by atoms with Crippen LogP contribution in [0.15, 0.2) is 24.3 Å². The van der Waals surface area contributed by atoms with Crippen molar-refractivity contribution in [3.63, 3.8) is 0 Å². The Labute approximate surface area is 125 Å². The summed E-state index contributed by atoms with van der Waals surface area (Å²) in [6, 6.07) is 8.78. The summed E-state index contributed by atoms with van der Waals surface area (Å²) >= 11 is 0. The third-order valence-corrected chi connectivity index (χ3v) is 4.55. The standard InChI is InChI=1S/C14H20N2O4S/c1-2-21(18,19)8-7-16-10-13(17)11-20-14-6-4-3-5-12(14)9-15/h3-6,13,16-17H,2,7-8,10-11H2,1H3. The molecule has 1 rings (SSSR count). The van der Waals surface area contributed by atoms with Gasteiger partial charge in [-0.1, -0.05) is 19.1 Å². The highest BCUT2D eigenvalue weighted by molar-refractivity contribution is 7.91. The number of hydrogen-bond donors (Lipinski definition) is 2. The van der Waals surface area contributed by atoms with E-state index in [-0.39, 0.29) is 24.7 Å². The molecule has 1 atom stereocenters. The van der Waals surface area contributed by atoms with Crippen molar-refractivity contribution in [2.24, 2.45) is 0 Å². The van der Waals surface area contributed by atoms with E-state index in [4.69, 9.17) is 10.00 Å². The van der Waals surface area contributed by atoms with Gasteiger partial charge in [0.25, 0.3) is 0 Å². The van der Waals surface area contributed by atoms with E-state index in [1.807, 2.05) is 6.07 Å². The maximum absolute atomic E-state index is 11.3. The molecule has 0 saturated carbocycles. The molecule has 0 bridgehead atoms. The first-order valence-electron chi connectivity index (χ1n) is 6.69. The van der Waals surface area contributed by atoms with Crippen LogP contribution in [0.2, 0.25) is 0 Å². The lowest BCUT2D eigenvalue weighted by atomic mass is 10.2. The first-order chi connectivity index (χ1) is 9.98. The van der Waals surface area contributed by atoms with E-state index in [0.717, 1.165) is 0 Å². The summed E-state index contributed by atoms with van der Waals surface area (Å²) in [4.78, 5) is 0. The molecule has 7 heteroatoms. The molecule has 116 valence electrons. The summed E-state index contributed by atoms with van der Waals surface area (Å²) < 4.78 is 27.9. The van der Waals surface area contributed by atoms with Crippen LogP contribution in [0.3, 0.4) is 0 Å². The van der Waals surface area contributed by atoms with Crippen LogP contribution in [0.5, 0.6) is 5.75 Å². The van der Waals surface area contributed by atoms with E-state index in [1.165, 1.54) is 0 Å². The molecule has 0 aliphatic heterocycles. The number of nitrogens with one attached hydrogen (secondary N) is 1. The molecule has 0 fully saturated rings. The fourth-order valence-corrected chi connectivity index (χ4v) is 2.31. The minimum atomic E-state index is -2.99. The molecular formula is C14H20N2O4S. The first-order valence-corrected chi connectivity index (χ1v) is 8.51. The quantitative estimate of drug-likeness (QED) is 0.637. The normalized spacial score (nSPS) is 12.6. The summed E-state index contributed by atoms with van der Waals surface area (Å²) in [6.45, 7) is 2.16. The summed E-state index contributed by atoms with van der Waals surface area (Å²) in [5, 5.41) is 21.5. The number of sulfone groups is 1. The monoisotopic (exact) mass is 312 g/mol. The molecule has 21 heavy (non-hydrogen) atoms. The molecule has 0 radical (unpaired) electrons. The number of nitriles is 1. The highest BCUT2D eigenvalue weighted by Gasteiger charge is 2.09. The SMILES string of the molecule is CCS(=O)(=O)CCNCC(O)COc1ccccc1C#N. The van der Waals surface area contributed by atoms with Crippen LogP contribution >= 0.6 is 0 Å². The predicted octanol–water partition coefficient (Wildman–Crippen LogP) is 0.322. The molecular weight excluding hydrogens is 292 g/mol. The number of ether oxygens (including phenoxy) is 1.